The van der Waals surface area contributed by atoms with Gasteiger partial charge in [-0.3, -0.25) is 0 Å². The van der Waals surface area contributed by atoms with Gasteiger partial charge in [0.1, 0.15) is 5.75 Å². The molecule has 0 saturated heterocycles. The van der Waals surface area contributed by atoms with Gasteiger partial charge in [0.2, 0.25) is 0 Å². The van der Waals surface area contributed by atoms with E-state index in [0.717, 1.165) is 18.4 Å². The molecule has 1 nitrogen and oxygen atoms in total. The molecule has 70 valence electrons. The van der Waals surface area contributed by atoms with Crippen molar-refractivity contribution in [2.24, 2.45) is 0 Å². The summed E-state index contributed by atoms with van der Waals surface area (Å²) in [4.78, 5) is 0. The van der Waals surface area contributed by atoms with Crippen LogP contribution in [-0.2, 0) is 6.42 Å². The molecule has 0 aliphatic rings. The second kappa shape index (κ2) is 4.70. The largest absolute Gasteiger partial charge is 0.508 e. The fourth-order valence-corrected chi connectivity index (χ4v) is 1.20. The van der Waals surface area contributed by atoms with E-state index in [1.807, 2.05) is 25.1 Å². The molecular weight excluding hydrogens is 160 g/mol. The first-order chi connectivity index (χ1) is 6.24. The molecule has 0 saturated carbocycles. The van der Waals surface area contributed by atoms with Gasteiger partial charge in [0.05, 0.1) is 0 Å². The van der Waals surface area contributed by atoms with E-state index in [2.05, 4.69) is 13.0 Å². The number of aryl methyl sites for hydroxylation is 1. The predicted octanol–water partition coefficient (Wildman–Crippen LogP) is 3.29. The van der Waals surface area contributed by atoms with Crippen molar-refractivity contribution in [2.45, 2.75) is 26.7 Å². The van der Waals surface area contributed by atoms with Crippen molar-refractivity contribution < 1.29 is 5.11 Å². The summed E-state index contributed by atoms with van der Waals surface area (Å²) in [5.41, 5.74) is 2.40. The SMILES string of the molecule is C/C=C(/C)CCc1ccccc1O. The third-order valence-electron chi connectivity index (χ3n) is 2.27. The van der Waals surface area contributed by atoms with Crippen LogP contribution in [0.3, 0.4) is 0 Å². The molecular formula is C12H16O. The maximum Gasteiger partial charge on any atom is 0.118 e. The van der Waals surface area contributed by atoms with E-state index >= 15 is 0 Å². The van der Waals surface area contributed by atoms with E-state index in [9.17, 15) is 5.11 Å². The number of rotatable bonds is 3. The zero-order valence-electron chi connectivity index (χ0n) is 8.25. The van der Waals surface area contributed by atoms with Gasteiger partial charge < -0.3 is 5.11 Å². The zero-order chi connectivity index (χ0) is 9.68. The highest BCUT2D eigenvalue weighted by molar-refractivity contribution is 5.32. The fraction of sp³-hybridized carbons (Fsp3) is 0.333. The van der Waals surface area contributed by atoms with Crippen LogP contribution >= 0.6 is 0 Å². The molecule has 1 heteroatoms. The summed E-state index contributed by atoms with van der Waals surface area (Å²) in [7, 11) is 0. The second-order valence-electron chi connectivity index (χ2n) is 3.26. The van der Waals surface area contributed by atoms with Gasteiger partial charge >= 0.3 is 0 Å². The Kier molecular flexibility index (Phi) is 3.56. The van der Waals surface area contributed by atoms with Crippen LogP contribution < -0.4 is 0 Å². The number of aromatic hydroxyl groups is 1. The van der Waals surface area contributed by atoms with Crippen molar-refractivity contribution in [1.29, 1.82) is 0 Å². The summed E-state index contributed by atoms with van der Waals surface area (Å²) < 4.78 is 0. The Labute approximate surface area is 79.7 Å². The van der Waals surface area contributed by atoms with Gasteiger partial charge in [0.15, 0.2) is 0 Å². The third-order valence-corrected chi connectivity index (χ3v) is 2.27. The van der Waals surface area contributed by atoms with Crippen molar-refractivity contribution in [3.05, 3.63) is 41.5 Å². The minimum Gasteiger partial charge on any atom is -0.508 e. The molecule has 1 rings (SSSR count). The molecule has 0 unspecified atom stereocenters. The molecule has 0 fully saturated rings. The Morgan fingerprint density at radius 1 is 1.38 bits per heavy atom. The maximum atomic E-state index is 9.48. The quantitative estimate of drug-likeness (QED) is 0.701. The number of hydrogen-bond acceptors (Lipinski definition) is 1. The van der Waals surface area contributed by atoms with E-state index in [1.54, 1.807) is 6.07 Å². The molecule has 0 aliphatic carbocycles. The summed E-state index contributed by atoms with van der Waals surface area (Å²) in [6.07, 6.45) is 4.05. The van der Waals surface area contributed by atoms with E-state index in [-0.39, 0.29) is 0 Å². The first-order valence-electron chi connectivity index (χ1n) is 4.62. The number of phenols is 1. The molecule has 13 heavy (non-hydrogen) atoms. The lowest BCUT2D eigenvalue weighted by molar-refractivity contribution is 0.468. The van der Waals surface area contributed by atoms with Crippen LogP contribution in [0.2, 0.25) is 0 Å². The Morgan fingerprint density at radius 2 is 2.08 bits per heavy atom. The molecule has 0 aromatic heterocycles. The number of para-hydroxylation sites is 1. The van der Waals surface area contributed by atoms with E-state index < -0.39 is 0 Å². The Hall–Kier alpha value is -1.24. The number of benzene rings is 1. The summed E-state index contributed by atoms with van der Waals surface area (Å²) in [6, 6.07) is 7.51. The average molecular weight is 176 g/mol. The molecule has 0 spiro atoms. The van der Waals surface area contributed by atoms with Crippen LogP contribution in [0.25, 0.3) is 0 Å². The van der Waals surface area contributed by atoms with E-state index in [1.165, 1.54) is 5.57 Å². The van der Waals surface area contributed by atoms with E-state index in [0.29, 0.717) is 5.75 Å². The lowest BCUT2D eigenvalue weighted by Crippen LogP contribution is -1.86. The molecule has 0 aliphatic heterocycles. The minimum atomic E-state index is 0.409. The second-order valence-corrected chi connectivity index (χ2v) is 3.26. The molecule has 0 amide bonds. The summed E-state index contributed by atoms with van der Waals surface area (Å²) in [6.45, 7) is 4.15. The van der Waals surface area contributed by atoms with Crippen LogP contribution in [0.15, 0.2) is 35.9 Å². The van der Waals surface area contributed by atoms with Gasteiger partial charge in [-0.1, -0.05) is 29.8 Å². The molecule has 0 heterocycles. The predicted molar refractivity (Wildman–Crippen MR) is 55.9 cm³/mol. The topological polar surface area (TPSA) is 20.2 Å². The van der Waals surface area contributed by atoms with Crippen LogP contribution in [-0.4, -0.2) is 5.11 Å². The Bertz CT molecular complexity index is 300. The van der Waals surface area contributed by atoms with Crippen LogP contribution in [0.5, 0.6) is 5.75 Å². The van der Waals surface area contributed by atoms with Gasteiger partial charge in [0.25, 0.3) is 0 Å². The average Bonchev–Trinajstić information content (AvgIpc) is 2.16. The Balaban J connectivity index is 2.60. The van der Waals surface area contributed by atoms with Crippen molar-refractivity contribution in [3.8, 4) is 5.75 Å². The summed E-state index contributed by atoms with van der Waals surface area (Å²) in [5, 5.41) is 9.48. The molecule has 0 bridgehead atoms. The van der Waals surface area contributed by atoms with Crippen LogP contribution in [0.1, 0.15) is 25.8 Å². The lowest BCUT2D eigenvalue weighted by atomic mass is 10.0. The van der Waals surface area contributed by atoms with Gasteiger partial charge in [-0.05, 0) is 38.3 Å². The smallest absolute Gasteiger partial charge is 0.118 e. The first-order valence-corrected chi connectivity index (χ1v) is 4.62. The van der Waals surface area contributed by atoms with E-state index in [4.69, 9.17) is 0 Å². The summed E-state index contributed by atoms with van der Waals surface area (Å²) in [5.74, 6) is 0.409. The van der Waals surface area contributed by atoms with Gasteiger partial charge in [0, 0.05) is 0 Å². The zero-order valence-corrected chi connectivity index (χ0v) is 8.25. The van der Waals surface area contributed by atoms with Crippen molar-refractivity contribution >= 4 is 0 Å². The Morgan fingerprint density at radius 3 is 2.69 bits per heavy atom. The lowest BCUT2D eigenvalue weighted by Gasteiger charge is -2.03. The van der Waals surface area contributed by atoms with Crippen LogP contribution in [0, 0.1) is 0 Å². The third kappa shape index (κ3) is 2.94. The van der Waals surface area contributed by atoms with Gasteiger partial charge in [-0.15, -0.1) is 0 Å². The van der Waals surface area contributed by atoms with Crippen LogP contribution in [0.4, 0.5) is 0 Å². The standard InChI is InChI=1S/C12H16O/c1-3-10(2)8-9-11-6-4-5-7-12(11)13/h3-7,13H,8-9H2,1-2H3/b10-3-. The molecule has 1 aromatic rings. The highest BCUT2D eigenvalue weighted by Crippen LogP contribution is 2.18. The van der Waals surface area contributed by atoms with Crippen molar-refractivity contribution in [1.82, 2.24) is 0 Å². The summed E-state index contributed by atoms with van der Waals surface area (Å²) >= 11 is 0. The minimum absolute atomic E-state index is 0.409. The molecule has 1 N–H and O–H groups in total. The normalized spacial score (nSPS) is 11.7. The van der Waals surface area contributed by atoms with Crippen molar-refractivity contribution in [2.75, 3.05) is 0 Å². The van der Waals surface area contributed by atoms with Crippen molar-refractivity contribution in [3.63, 3.8) is 0 Å². The van der Waals surface area contributed by atoms with Gasteiger partial charge in [-0.25, -0.2) is 0 Å². The molecule has 0 radical (unpaired) electrons. The monoisotopic (exact) mass is 176 g/mol. The highest BCUT2D eigenvalue weighted by Gasteiger charge is 1.98. The fourth-order valence-electron chi connectivity index (χ4n) is 1.20. The first kappa shape index (κ1) is 9.85. The maximum absolute atomic E-state index is 9.48. The number of phenolic OH excluding ortho intramolecular Hbond substituents is 1. The van der Waals surface area contributed by atoms with Gasteiger partial charge in [-0.2, -0.15) is 0 Å². The number of hydrogen-bond donors (Lipinski definition) is 1. The highest BCUT2D eigenvalue weighted by atomic mass is 16.3. The molecule has 1 aromatic carbocycles. The molecule has 0 atom stereocenters. The number of allylic oxidation sites excluding steroid dienone is 2.